The second kappa shape index (κ2) is 10.0. The minimum Gasteiger partial charge on any atom is -0.493 e. The Labute approximate surface area is 205 Å². The van der Waals surface area contributed by atoms with Crippen molar-refractivity contribution in [2.75, 3.05) is 27.9 Å². The van der Waals surface area contributed by atoms with Crippen LogP contribution in [0.3, 0.4) is 0 Å². The molecule has 7 nitrogen and oxygen atoms in total. The molecule has 1 heterocycles. The lowest BCUT2D eigenvalue weighted by Crippen LogP contribution is -2.11. The van der Waals surface area contributed by atoms with Gasteiger partial charge in [-0.15, -0.1) is 0 Å². The van der Waals surface area contributed by atoms with E-state index in [0.717, 1.165) is 4.47 Å². The largest absolute Gasteiger partial charge is 0.493 e. The quantitative estimate of drug-likeness (QED) is 0.290. The van der Waals surface area contributed by atoms with Gasteiger partial charge in [0.1, 0.15) is 11.5 Å². The molecule has 3 aromatic rings. The zero-order chi connectivity index (χ0) is 24.2. The van der Waals surface area contributed by atoms with Crippen molar-refractivity contribution in [3.8, 4) is 28.7 Å². The summed E-state index contributed by atoms with van der Waals surface area (Å²) in [6, 6.07) is 15.3. The maximum Gasteiger partial charge on any atom is 0.231 e. The van der Waals surface area contributed by atoms with Gasteiger partial charge < -0.3 is 23.7 Å². The van der Waals surface area contributed by atoms with Crippen molar-refractivity contribution in [2.45, 2.75) is 0 Å². The first-order chi connectivity index (χ1) is 16.4. The van der Waals surface area contributed by atoms with E-state index in [2.05, 4.69) is 15.9 Å². The number of methoxy groups -OCH3 is 3. The van der Waals surface area contributed by atoms with E-state index >= 15 is 0 Å². The maximum atomic E-state index is 12.9. The van der Waals surface area contributed by atoms with Crippen LogP contribution in [0, 0.1) is 0 Å². The number of fused-ring (bicyclic) bond motifs is 1. The van der Waals surface area contributed by atoms with E-state index in [4.69, 9.17) is 23.7 Å². The number of halogens is 1. The van der Waals surface area contributed by atoms with Gasteiger partial charge in [-0.1, -0.05) is 28.1 Å². The molecule has 4 rings (SSSR count). The van der Waals surface area contributed by atoms with E-state index in [1.165, 1.54) is 21.3 Å². The molecule has 0 aromatic heterocycles. The van der Waals surface area contributed by atoms with Gasteiger partial charge in [0.15, 0.2) is 29.6 Å². The molecule has 1 aliphatic rings. The predicted octanol–water partition coefficient (Wildman–Crippen LogP) is 5.35. The van der Waals surface area contributed by atoms with Crippen LogP contribution in [0.4, 0.5) is 0 Å². The van der Waals surface area contributed by atoms with Crippen molar-refractivity contribution in [3.05, 3.63) is 81.5 Å². The van der Waals surface area contributed by atoms with Crippen LogP contribution < -0.4 is 23.7 Å². The lowest BCUT2D eigenvalue weighted by molar-refractivity contribution is 0.0921. The smallest absolute Gasteiger partial charge is 0.231 e. The van der Waals surface area contributed by atoms with Crippen LogP contribution >= 0.6 is 15.9 Å². The van der Waals surface area contributed by atoms with E-state index in [-0.39, 0.29) is 23.9 Å². The zero-order valence-corrected chi connectivity index (χ0v) is 20.3. The number of ether oxygens (including phenoxy) is 5. The summed E-state index contributed by atoms with van der Waals surface area (Å²) in [7, 11) is 4.54. The van der Waals surface area contributed by atoms with Crippen LogP contribution in [-0.4, -0.2) is 39.5 Å². The first-order valence-electron chi connectivity index (χ1n) is 10.2. The Morgan fingerprint density at radius 3 is 2.35 bits per heavy atom. The fraction of sp³-hybridized carbons (Fsp3) is 0.154. The molecule has 0 saturated heterocycles. The van der Waals surface area contributed by atoms with Crippen LogP contribution in [0.15, 0.2) is 64.8 Å². The SMILES string of the molecule is COc1ccc(C=C2Oc3cc(OCC(=O)c4ccc(Br)cc4)ccc3C2=O)c(OC)c1OC. The number of allylic oxidation sites excluding steroid dienone is 1. The fourth-order valence-electron chi connectivity index (χ4n) is 3.50. The molecule has 0 fully saturated rings. The third kappa shape index (κ3) is 4.63. The minimum atomic E-state index is -0.274. The average molecular weight is 525 g/mol. The van der Waals surface area contributed by atoms with Gasteiger partial charge in [-0.3, -0.25) is 9.59 Å². The molecule has 174 valence electrons. The molecular weight excluding hydrogens is 504 g/mol. The Morgan fingerprint density at radius 2 is 1.68 bits per heavy atom. The van der Waals surface area contributed by atoms with E-state index in [0.29, 0.717) is 45.4 Å². The minimum absolute atomic E-state index is 0.128. The second-order valence-electron chi connectivity index (χ2n) is 7.24. The Bertz CT molecular complexity index is 1280. The molecule has 0 saturated carbocycles. The summed E-state index contributed by atoms with van der Waals surface area (Å²) in [5, 5.41) is 0. The summed E-state index contributed by atoms with van der Waals surface area (Å²) in [6.45, 7) is -0.139. The average Bonchev–Trinajstić information content (AvgIpc) is 3.16. The molecule has 0 amide bonds. The van der Waals surface area contributed by atoms with Crippen molar-refractivity contribution in [1.82, 2.24) is 0 Å². The highest BCUT2D eigenvalue weighted by Crippen LogP contribution is 2.42. The topological polar surface area (TPSA) is 80.3 Å². The molecule has 0 N–H and O–H groups in total. The highest BCUT2D eigenvalue weighted by Gasteiger charge is 2.29. The van der Waals surface area contributed by atoms with Crippen molar-refractivity contribution in [3.63, 3.8) is 0 Å². The van der Waals surface area contributed by atoms with Gasteiger partial charge in [0, 0.05) is 21.7 Å². The van der Waals surface area contributed by atoms with Crippen LogP contribution in [-0.2, 0) is 0 Å². The normalized spacial score (nSPS) is 13.3. The maximum absolute atomic E-state index is 12.9. The third-order valence-electron chi connectivity index (χ3n) is 5.20. The number of ketones is 2. The Kier molecular flexibility index (Phi) is 6.88. The van der Waals surface area contributed by atoms with Gasteiger partial charge >= 0.3 is 0 Å². The lowest BCUT2D eigenvalue weighted by Gasteiger charge is -2.14. The highest BCUT2D eigenvalue weighted by molar-refractivity contribution is 9.10. The monoisotopic (exact) mass is 524 g/mol. The van der Waals surface area contributed by atoms with Gasteiger partial charge in [0.05, 0.1) is 26.9 Å². The number of benzene rings is 3. The van der Waals surface area contributed by atoms with Gasteiger partial charge in [0.2, 0.25) is 11.5 Å². The summed E-state index contributed by atoms with van der Waals surface area (Å²) in [5.41, 5.74) is 1.54. The number of Topliss-reactive ketones (excluding diaryl/α,β-unsaturated/α-hetero) is 2. The molecule has 1 aliphatic heterocycles. The van der Waals surface area contributed by atoms with Crippen LogP contribution in [0.2, 0.25) is 0 Å². The first-order valence-corrected chi connectivity index (χ1v) is 11.0. The first kappa shape index (κ1) is 23.4. The summed E-state index contributed by atoms with van der Waals surface area (Å²) in [4.78, 5) is 25.2. The van der Waals surface area contributed by atoms with Crippen LogP contribution in [0.1, 0.15) is 26.3 Å². The number of hydrogen-bond donors (Lipinski definition) is 0. The summed E-state index contributed by atoms with van der Waals surface area (Å²) >= 11 is 3.34. The number of carbonyl (C=O) groups is 2. The number of carbonyl (C=O) groups excluding carboxylic acids is 2. The van der Waals surface area contributed by atoms with Crippen molar-refractivity contribution < 1.29 is 33.3 Å². The predicted molar refractivity (Wildman–Crippen MR) is 129 cm³/mol. The molecule has 0 radical (unpaired) electrons. The van der Waals surface area contributed by atoms with Gasteiger partial charge in [-0.05, 0) is 42.5 Å². The molecule has 0 atom stereocenters. The van der Waals surface area contributed by atoms with Crippen molar-refractivity contribution in [1.29, 1.82) is 0 Å². The van der Waals surface area contributed by atoms with Gasteiger partial charge in [0.25, 0.3) is 0 Å². The Morgan fingerprint density at radius 1 is 0.941 bits per heavy atom. The van der Waals surface area contributed by atoms with Gasteiger partial charge in [-0.25, -0.2) is 0 Å². The highest BCUT2D eigenvalue weighted by atomic mass is 79.9. The number of hydrogen-bond acceptors (Lipinski definition) is 7. The molecule has 0 aliphatic carbocycles. The summed E-state index contributed by atoms with van der Waals surface area (Å²) in [5.74, 6) is 1.79. The zero-order valence-electron chi connectivity index (χ0n) is 18.7. The molecule has 3 aromatic carbocycles. The molecule has 8 heteroatoms. The third-order valence-corrected chi connectivity index (χ3v) is 5.73. The molecule has 0 unspecified atom stereocenters. The van der Waals surface area contributed by atoms with Crippen molar-refractivity contribution in [2.24, 2.45) is 0 Å². The van der Waals surface area contributed by atoms with E-state index < -0.39 is 0 Å². The molecule has 0 bridgehead atoms. The molecule has 0 spiro atoms. The summed E-state index contributed by atoms with van der Waals surface area (Å²) in [6.07, 6.45) is 1.58. The second-order valence-corrected chi connectivity index (χ2v) is 8.16. The Balaban J connectivity index is 1.53. The lowest BCUT2D eigenvalue weighted by atomic mass is 10.1. The van der Waals surface area contributed by atoms with Gasteiger partial charge in [-0.2, -0.15) is 0 Å². The van der Waals surface area contributed by atoms with E-state index in [1.54, 1.807) is 60.7 Å². The number of rotatable bonds is 8. The molecule has 34 heavy (non-hydrogen) atoms. The Hall–Kier alpha value is -3.78. The summed E-state index contributed by atoms with van der Waals surface area (Å²) < 4.78 is 28.5. The fourth-order valence-corrected chi connectivity index (χ4v) is 3.77. The van der Waals surface area contributed by atoms with Crippen molar-refractivity contribution >= 4 is 33.6 Å². The van der Waals surface area contributed by atoms with Crippen LogP contribution in [0.25, 0.3) is 6.08 Å². The van der Waals surface area contributed by atoms with E-state index in [9.17, 15) is 9.59 Å². The standard InChI is InChI=1S/C26H21BrO7/c1-30-21-11-6-16(25(31-2)26(21)32-3)12-23-24(29)19-10-9-18(13-22(19)34-23)33-14-20(28)15-4-7-17(27)8-5-15/h4-13H,14H2,1-3H3. The van der Waals surface area contributed by atoms with Crippen LogP contribution in [0.5, 0.6) is 28.7 Å². The van der Waals surface area contributed by atoms with E-state index in [1.807, 2.05) is 0 Å². The molecular formula is C26H21BrO7.